The highest BCUT2D eigenvalue weighted by molar-refractivity contribution is 7.89. The zero-order valence-electron chi connectivity index (χ0n) is 12.0. The molecule has 5 heteroatoms. The summed E-state index contributed by atoms with van der Waals surface area (Å²) in [6, 6.07) is 3.63. The van der Waals surface area contributed by atoms with Crippen molar-refractivity contribution in [1.29, 1.82) is 0 Å². The van der Waals surface area contributed by atoms with Gasteiger partial charge in [-0.1, -0.05) is 38.3 Å². The van der Waals surface area contributed by atoms with Gasteiger partial charge in [0.05, 0.1) is 5.69 Å². The van der Waals surface area contributed by atoms with E-state index in [1.807, 2.05) is 13.0 Å². The number of hydrogen-bond donors (Lipinski definition) is 2. The SMILES string of the molecule is CCCCCCNS(=O)(=O)c1c(C)ccc(C)c1N. The van der Waals surface area contributed by atoms with E-state index in [0.29, 0.717) is 17.8 Å². The molecule has 0 radical (unpaired) electrons. The average Bonchev–Trinajstić information content (AvgIpc) is 2.34. The van der Waals surface area contributed by atoms with Crippen LogP contribution in [0.1, 0.15) is 43.7 Å². The minimum atomic E-state index is -3.51. The largest absolute Gasteiger partial charge is 0.397 e. The molecule has 4 nitrogen and oxygen atoms in total. The van der Waals surface area contributed by atoms with Crippen LogP contribution in [-0.2, 0) is 10.0 Å². The maximum atomic E-state index is 12.3. The van der Waals surface area contributed by atoms with Gasteiger partial charge in [-0.15, -0.1) is 0 Å². The first-order chi connectivity index (χ1) is 8.90. The molecule has 108 valence electrons. The van der Waals surface area contributed by atoms with Gasteiger partial charge < -0.3 is 5.73 Å². The molecule has 0 spiro atoms. The lowest BCUT2D eigenvalue weighted by molar-refractivity contribution is 0.573. The molecule has 1 aromatic rings. The Morgan fingerprint density at radius 3 is 2.37 bits per heavy atom. The Morgan fingerprint density at radius 2 is 1.74 bits per heavy atom. The Balaban J connectivity index is 2.81. The van der Waals surface area contributed by atoms with Gasteiger partial charge in [-0.3, -0.25) is 0 Å². The molecule has 0 aromatic heterocycles. The van der Waals surface area contributed by atoms with Gasteiger partial charge in [0.1, 0.15) is 4.90 Å². The summed E-state index contributed by atoms with van der Waals surface area (Å²) in [6.45, 7) is 6.17. The van der Waals surface area contributed by atoms with Gasteiger partial charge >= 0.3 is 0 Å². The van der Waals surface area contributed by atoms with Crippen LogP contribution in [0.2, 0.25) is 0 Å². The molecule has 0 aliphatic carbocycles. The summed E-state index contributed by atoms with van der Waals surface area (Å²) >= 11 is 0. The molecule has 0 aliphatic rings. The number of unbranched alkanes of at least 4 members (excludes halogenated alkanes) is 3. The van der Waals surface area contributed by atoms with E-state index in [9.17, 15) is 8.42 Å². The van der Waals surface area contributed by atoms with E-state index in [4.69, 9.17) is 5.73 Å². The molecule has 0 saturated heterocycles. The highest BCUT2D eigenvalue weighted by Crippen LogP contribution is 2.25. The third kappa shape index (κ3) is 4.21. The monoisotopic (exact) mass is 284 g/mol. The quantitative estimate of drug-likeness (QED) is 0.597. The normalized spacial score (nSPS) is 11.7. The smallest absolute Gasteiger partial charge is 0.242 e. The fourth-order valence-corrected chi connectivity index (χ4v) is 3.49. The molecule has 0 fully saturated rings. The summed E-state index contributed by atoms with van der Waals surface area (Å²) < 4.78 is 27.2. The Kier molecular flexibility index (Phi) is 5.82. The second kappa shape index (κ2) is 6.91. The molecule has 0 atom stereocenters. The van der Waals surface area contributed by atoms with Crippen LogP contribution in [-0.4, -0.2) is 15.0 Å². The number of nitrogens with two attached hydrogens (primary N) is 1. The molecule has 0 bridgehead atoms. The first-order valence-electron chi connectivity index (χ1n) is 6.75. The lowest BCUT2D eigenvalue weighted by Gasteiger charge is -2.13. The summed E-state index contributed by atoms with van der Waals surface area (Å²) in [4.78, 5) is 0.225. The van der Waals surface area contributed by atoms with Crippen molar-refractivity contribution in [1.82, 2.24) is 4.72 Å². The van der Waals surface area contributed by atoms with Crippen molar-refractivity contribution in [3.05, 3.63) is 23.3 Å². The van der Waals surface area contributed by atoms with Gasteiger partial charge in [-0.25, -0.2) is 13.1 Å². The van der Waals surface area contributed by atoms with Crippen molar-refractivity contribution in [2.24, 2.45) is 0 Å². The lowest BCUT2D eigenvalue weighted by Crippen LogP contribution is -2.26. The minimum absolute atomic E-state index is 0.225. The third-order valence-corrected chi connectivity index (χ3v) is 4.87. The molecule has 1 aromatic carbocycles. The summed E-state index contributed by atoms with van der Waals surface area (Å²) in [5.41, 5.74) is 7.72. The molecule has 3 N–H and O–H groups in total. The Morgan fingerprint density at radius 1 is 1.11 bits per heavy atom. The lowest BCUT2D eigenvalue weighted by atomic mass is 10.1. The highest BCUT2D eigenvalue weighted by Gasteiger charge is 2.20. The Bertz CT molecular complexity index is 524. The number of rotatable bonds is 7. The molecule has 1 rings (SSSR count). The van der Waals surface area contributed by atoms with Crippen LogP contribution in [0.15, 0.2) is 17.0 Å². The molecular weight excluding hydrogens is 260 g/mol. The van der Waals surface area contributed by atoms with E-state index in [2.05, 4.69) is 11.6 Å². The molecule has 0 unspecified atom stereocenters. The zero-order valence-corrected chi connectivity index (χ0v) is 12.8. The van der Waals surface area contributed by atoms with Gasteiger partial charge in [0, 0.05) is 6.54 Å². The van der Waals surface area contributed by atoms with Crippen molar-refractivity contribution >= 4 is 15.7 Å². The van der Waals surface area contributed by atoms with E-state index < -0.39 is 10.0 Å². The van der Waals surface area contributed by atoms with Crippen LogP contribution in [0.5, 0.6) is 0 Å². The standard InChI is InChI=1S/C14H24N2O2S/c1-4-5-6-7-10-16-19(17,18)14-12(3)9-8-11(2)13(14)15/h8-9,16H,4-7,10,15H2,1-3H3. The van der Waals surface area contributed by atoms with Gasteiger partial charge in [0.15, 0.2) is 0 Å². The molecular formula is C14H24N2O2S. The first kappa shape index (κ1) is 16.0. The van der Waals surface area contributed by atoms with E-state index in [1.165, 1.54) is 0 Å². The minimum Gasteiger partial charge on any atom is -0.397 e. The van der Waals surface area contributed by atoms with E-state index in [-0.39, 0.29) is 4.90 Å². The Hall–Kier alpha value is -1.07. The summed E-state index contributed by atoms with van der Waals surface area (Å²) in [5, 5.41) is 0. The van der Waals surface area contributed by atoms with E-state index in [1.54, 1.807) is 13.0 Å². The van der Waals surface area contributed by atoms with Crippen LogP contribution in [0.3, 0.4) is 0 Å². The van der Waals surface area contributed by atoms with E-state index in [0.717, 1.165) is 31.2 Å². The average molecular weight is 284 g/mol. The number of nitrogen functional groups attached to an aromatic ring is 1. The summed E-state index contributed by atoms with van der Waals surface area (Å²) in [5.74, 6) is 0. The topological polar surface area (TPSA) is 72.2 Å². The van der Waals surface area contributed by atoms with Crippen molar-refractivity contribution in [3.63, 3.8) is 0 Å². The first-order valence-corrected chi connectivity index (χ1v) is 8.23. The second-order valence-corrected chi connectivity index (χ2v) is 6.60. The van der Waals surface area contributed by atoms with Crippen molar-refractivity contribution in [2.45, 2.75) is 51.3 Å². The number of nitrogens with one attached hydrogen (secondary N) is 1. The van der Waals surface area contributed by atoms with Crippen molar-refractivity contribution in [2.75, 3.05) is 12.3 Å². The molecule has 0 heterocycles. The second-order valence-electron chi connectivity index (χ2n) is 4.90. The van der Waals surface area contributed by atoms with E-state index >= 15 is 0 Å². The summed E-state index contributed by atoms with van der Waals surface area (Å²) in [6.07, 6.45) is 4.17. The van der Waals surface area contributed by atoms with Crippen LogP contribution in [0.25, 0.3) is 0 Å². The molecule has 0 saturated carbocycles. The van der Waals surface area contributed by atoms with Gasteiger partial charge in [-0.2, -0.15) is 0 Å². The third-order valence-electron chi connectivity index (χ3n) is 3.20. The number of benzene rings is 1. The highest BCUT2D eigenvalue weighted by atomic mass is 32.2. The fourth-order valence-electron chi connectivity index (χ4n) is 1.99. The maximum Gasteiger partial charge on any atom is 0.242 e. The number of hydrogen-bond acceptors (Lipinski definition) is 3. The maximum absolute atomic E-state index is 12.3. The zero-order chi connectivity index (χ0) is 14.5. The predicted octanol–water partition coefficient (Wildman–Crippen LogP) is 2.74. The predicted molar refractivity (Wildman–Crippen MR) is 79.7 cm³/mol. The van der Waals surface area contributed by atoms with Crippen LogP contribution >= 0.6 is 0 Å². The fraction of sp³-hybridized carbons (Fsp3) is 0.571. The Labute approximate surface area is 116 Å². The summed E-state index contributed by atoms with van der Waals surface area (Å²) in [7, 11) is -3.51. The molecule has 0 aliphatic heterocycles. The number of anilines is 1. The van der Waals surface area contributed by atoms with Crippen LogP contribution in [0.4, 0.5) is 5.69 Å². The van der Waals surface area contributed by atoms with Crippen molar-refractivity contribution < 1.29 is 8.42 Å². The van der Waals surface area contributed by atoms with Crippen LogP contribution < -0.4 is 10.5 Å². The molecule has 0 amide bonds. The van der Waals surface area contributed by atoms with Crippen molar-refractivity contribution in [3.8, 4) is 0 Å². The number of sulfonamides is 1. The molecule has 19 heavy (non-hydrogen) atoms. The van der Waals surface area contributed by atoms with Crippen LogP contribution in [0, 0.1) is 13.8 Å². The van der Waals surface area contributed by atoms with Gasteiger partial charge in [0.2, 0.25) is 10.0 Å². The number of aryl methyl sites for hydroxylation is 2. The van der Waals surface area contributed by atoms with Gasteiger partial charge in [-0.05, 0) is 31.4 Å². The van der Waals surface area contributed by atoms with Gasteiger partial charge in [0.25, 0.3) is 0 Å².